The van der Waals surface area contributed by atoms with Gasteiger partial charge in [-0.2, -0.15) is 18.3 Å². The van der Waals surface area contributed by atoms with Gasteiger partial charge in [0, 0.05) is 24.5 Å². The van der Waals surface area contributed by atoms with Gasteiger partial charge in [0.15, 0.2) is 0 Å². The van der Waals surface area contributed by atoms with Crippen molar-refractivity contribution < 1.29 is 22.8 Å². The molecular formula is C20H21F3N4O2. The first-order valence-corrected chi connectivity index (χ1v) is 8.91. The lowest BCUT2D eigenvalue weighted by atomic mass is 10.2. The summed E-state index contributed by atoms with van der Waals surface area (Å²) in [6.45, 7) is 5.86. The van der Waals surface area contributed by atoms with Crippen LogP contribution in [0, 0.1) is 0 Å². The van der Waals surface area contributed by atoms with Gasteiger partial charge in [-0.3, -0.25) is 9.59 Å². The van der Waals surface area contributed by atoms with Crippen molar-refractivity contribution in [1.29, 1.82) is 0 Å². The molecule has 2 amide bonds. The number of hydrogen-bond donors (Lipinski definition) is 2. The zero-order chi connectivity index (χ0) is 21.4. The van der Waals surface area contributed by atoms with Crippen LogP contribution in [0.15, 0.2) is 53.6 Å². The Morgan fingerprint density at radius 3 is 2.28 bits per heavy atom. The summed E-state index contributed by atoms with van der Waals surface area (Å²) in [5.74, 6) is -2.23. The monoisotopic (exact) mass is 406 g/mol. The fraction of sp³-hybridized carbons (Fsp3) is 0.250. The summed E-state index contributed by atoms with van der Waals surface area (Å²) in [6, 6.07) is 11.4. The zero-order valence-electron chi connectivity index (χ0n) is 16.0. The Bertz CT molecular complexity index is 876. The average molecular weight is 406 g/mol. The summed E-state index contributed by atoms with van der Waals surface area (Å²) < 4.78 is 38.1. The standard InChI is InChI=1S/C20H21F3N4O2/c1-3-27(4-2)17-10-8-14(9-11-17)13-24-26-19(29)18(28)25-16-7-5-6-15(12-16)20(21,22)23/h5-13H,3-4H2,1-2H3,(H,25,28)(H,26,29)/b24-13-. The van der Waals surface area contributed by atoms with E-state index in [0.717, 1.165) is 37.0 Å². The summed E-state index contributed by atoms with van der Waals surface area (Å²) in [4.78, 5) is 25.8. The minimum absolute atomic E-state index is 0.143. The Kier molecular flexibility index (Phi) is 7.35. The maximum absolute atomic E-state index is 12.7. The van der Waals surface area contributed by atoms with E-state index in [1.54, 1.807) is 0 Å². The van der Waals surface area contributed by atoms with Gasteiger partial charge in [-0.05, 0) is 49.7 Å². The number of amides is 2. The van der Waals surface area contributed by atoms with Crippen LogP contribution in [0.2, 0.25) is 0 Å². The van der Waals surface area contributed by atoms with E-state index in [-0.39, 0.29) is 5.69 Å². The van der Waals surface area contributed by atoms with E-state index < -0.39 is 23.6 Å². The minimum atomic E-state index is -4.55. The molecule has 0 bridgehead atoms. The molecule has 0 saturated carbocycles. The van der Waals surface area contributed by atoms with Crippen molar-refractivity contribution in [2.45, 2.75) is 20.0 Å². The largest absolute Gasteiger partial charge is 0.416 e. The van der Waals surface area contributed by atoms with Gasteiger partial charge in [0.1, 0.15) is 0 Å². The van der Waals surface area contributed by atoms with Crippen LogP contribution in [0.4, 0.5) is 24.5 Å². The van der Waals surface area contributed by atoms with Gasteiger partial charge >= 0.3 is 18.0 Å². The third-order valence-corrected chi connectivity index (χ3v) is 4.06. The molecule has 0 spiro atoms. The second-order valence-electron chi connectivity index (χ2n) is 6.00. The quantitative estimate of drug-likeness (QED) is 0.437. The molecule has 2 aromatic carbocycles. The van der Waals surface area contributed by atoms with Crippen molar-refractivity contribution in [2.75, 3.05) is 23.3 Å². The number of carbonyl (C=O) groups excluding carboxylic acids is 2. The molecule has 0 heterocycles. The van der Waals surface area contributed by atoms with E-state index in [4.69, 9.17) is 0 Å². The number of carbonyl (C=O) groups is 2. The smallest absolute Gasteiger partial charge is 0.372 e. The van der Waals surface area contributed by atoms with E-state index in [1.807, 2.05) is 29.7 Å². The van der Waals surface area contributed by atoms with Gasteiger partial charge in [-0.15, -0.1) is 0 Å². The zero-order valence-corrected chi connectivity index (χ0v) is 16.0. The highest BCUT2D eigenvalue weighted by molar-refractivity contribution is 6.39. The first-order chi connectivity index (χ1) is 13.7. The summed E-state index contributed by atoms with van der Waals surface area (Å²) in [6.07, 6.45) is -3.18. The molecule has 154 valence electrons. The van der Waals surface area contributed by atoms with Crippen molar-refractivity contribution in [3.8, 4) is 0 Å². The summed E-state index contributed by atoms with van der Waals surface area (Å²) >= 11 is 0. The number of hydrogen-bond acceptors (Lipinski definition) is 4. The molecular weight excluding hydrogens is 385 g/mol. The fourth-order valence-electron chi connectivity index (χ4n) is 2.54. The molecule has 0 atom stereocenters. The first-order valence-electron chi connectivity index (χ1n) is 8.91. The summed E-state index contributed by atoms with van der Waals surface area (Å²) in [5.41, 5.74) is 2.73. The molecule has 0 saturated heterocycles. The normalized spacial score (nSPS) is 11.3. The van der Waals surface area contributed by atoms with Crippen LogP contribution in [0.1, 0.15) is 25.0 Å². The minimum Gasteiger partial charge on any atom is -0.372 e. The average Bonchev–Trinajstić information content (AvgIpc) is 2.69. The summed E-state index contributed by atoms with van der Waals surface area (Å²) in [7, 11) is 0. The molecule has 2 aromatic rings. The van der Waals surface area contributed by atoms with Crippen LogP contribution in [0.5, 0.6) is 0 Å². The Balaban J connectivity index is 1.92. The molecule has 0 unspecified atom stereocenters. The van der Waals surface area contributed by atoms with Crippen molar-refractivity contribution >= 4 is 29.4 Å². The van der Waals surface area contributed by atoms with Crippen molar-refractivity contribution in [3.05, 3.63) is 59.7 Å². The fourth-order valence-corrected chi connectivity index (χ4v) is 2.54. The maximum Gasteiger partial charge on any atom is 0.416 e. The topological polar surface area (TPSA) is 73.8 Å². The highest BCUT2D eigenvalue weighted by atomic mass is 19.4. The van der Waals surface area contributed by atoms with Crippen LogP contribution in [-0.2, 0) is 15.8 Å². The predicted molar refractivity (Wildman–Crippen MR) is 106 cm³/mol. The molecule has 0 aliphatic rings. The molecule has 0 fully saturated rings. The Morgan fingerprint density at radius 1 is 1.03 bits per heavy atom. The van der Waals surface area contributed by atoms with Crippen LogP contribution in [-0.4, -0.2) is 31.1 Å². The third kappa shape index (κ3) is 6.34. The molecule has 2 rings (SSSR count). The lowest BCUT2D eigenvalue weighted by Crippen LogP contribution is -2.32. The van der Waals surface area contributed by atoms with E-state index in [9.17, 15) is 22.8 Å². The highest BCUT2D eigenvalue weighted by Crippen LogP contribution is 2.30. The van der Waals surface area contributed by atoms with E-state index in [1.165, 1.54) is 12.3 Å². The molecule has 0 aromatic heterocycles. The predicted octanol–water partition coefficient (Wildman–Crippen LogP) is 3.64. The number of nitrogens with zero attached hydrogens (tertiary/aromatic N) is 2. The Hall–Kier alpha value is -3.36. The number of nitrogens with one attached hydrogen (secondary N) is 2. The SMILES string of the molecule is CCN(CC)c1ccc(/C=N\NC(=O)C(=O)Nc2cccc(C(F)(F)F)c2)cc1. The van der Waals surface area contributed by atoms with Gasteiger partial charge < -0.3 is 10.2 Å². The van der Waals surface area contributed by atoms with Gasteiger partial charge in [0.2, 0.25) is 0 Å². The number of alkyl halides is 3. The van der Waals surface area contributed by atoms with E-state index in [2.05, 4.69) is 29.2 Å². The van der Waals surface area contributed by atoms with Crippen molar-refractivity contribution in [3.63, 3.8) is 0 Å². The van der Waals surface area contributed by atoms with Crippen molar-refractivity contribution in [2.24, 2.45) is 5.10 Å². The Labute approximate surface area is 166 Å². The number of anilines is 2. The Morgan fingerprint density at radius 2 is 1.69 bits per heavy atom. The van der Waals surface area contributed by atoms with Crippen molar-refractivity contribution in [1.82, 2.24) is 5.43 Å². The van der Waals surface area contributed by atoms with Crippen LogP contribution in [0.3, 0.4) is 0 Å². The lowest BCUT2D eigenvalue weighted by molar-refractivity contribution is -0.137. The molecule has 0 radical (unpaired) electrons. The van der Waals surface area contributed by atoms with Crippen LogP contribution >= 0.6 is 0 Å². The first kappa shape index (κ1) is 21.9. The van der Waals surface area contributed by atoms with Gasteiger partial charge in [-0.25, -0.2) is 5.43 Å². The molecule has 2 N–H and O–H groups in total. The van der Waals surface area contributed by atoms with Gasteiger partial charge in [0.25, 0.3) is 0 Å². The van der Waals surface area contributed by atoms with Gasteiger partial charge in [0.05, 0.1) is 11.8 Å². The van der Waals surface area contributed by atoms with E-state index in [0.29, 0.717) is 5.56 Å². The molecule has 0 aliphatic carbocycles. The third-order valence-electron chi connectivity index (χ3n) is 4.06. The molecule has 9 heteroatoms. The van der Waals surface area contributed by atoms with Crippen LogP contribution in [0.25, 0.3) is 0 Å². The number of benzene rings is 2. The van der Waals surface area contributed by atoms with Crippen LogP contribution < -0.4 is 15.6 Å². The van der Waals surface area contributed by atoms with Gasteiger partial charge in [-0.1, -0.05) is 18.2 Å². The molecule has 0 aliphatic heterocycles. The number of halogens is 3. The second kappa shape index (κ2) is 9.72. The number of rotatable bonds is 6. The lowest BCUT2D eigenvalue weighted by Gasteiger charge is -2.20. The second-order valence-corrected chi connectivity index (χ2v) is 6.00. The molecule has 29 heavy (non-hydrogen) atoms. The highest BCUT2D eigenvalue weighted by Gasteiger charge is 2.30. The van der Waals surface area contributed by atoms with E-state index >= 15 is 0 Å². The number of hydrazone groups is 1. The molecule has 6 nitrogen and oxygen atoms in total. The maximum atomic E-state index is 12.7. The summed E-state index contributed by atoms with van der Waals surface area (Å²) in [5, 5.41) is 5.80.